The Kier molecular flexibility index (Phi) is 6.63. The molecular weight excluding hydrogens is 364 g/mol. The third-order valence-electron chi connectivity index (χ3n) is 4.75. The van der Waals surface area contributed by atoms with Crippen molar-refractivity contribution in [2.24, 2.45) is 0 Å². The number of sulfonamides is 1. The Hall–Kier alpha value is -2.19. The number of carbonyl (C=O) groups is 1. The van der Waals surface area contributed by atoms with Gasteiger partial charge in [-0.1, -0.05) is 6.07 Å². The molecule has 0 spiro atoms. The van der Waals surface area contributed by atoms with Gasteiger partial charge < -0.3 is 9.88 Å². The number of hydrogen-bond acceptors (Lipinski definition) is 4. The van der Waals surface area contributed by atoms with Crippen LogP contribution >= 0.6 is 0 Å². The molecule has 0 saturated heterocycles. The molecule has 1 amide bonds. The molecule has 2 N–H and O–H groups in total. The number of hydrogen-bond donors (Lipinski definition) is 2. The summed E-state index contributed by atoms with van der Waals surface area (Å²) in [6.07, 6.45) is 10.4. The first-order valence-corrected chi connectivity index (χ1v) is 10.9. The van der Waals surface area contributed by atoms with Crippen molar-refractivity contribution in [1.82, 2.24) is 19.6 Å². The van der Waals surface area contributed by atoms with Gasteiger partial charge in [-0.25, -0.2) is 18.1 Å². The number of fused-ring (bicyclic) bond motifs is 1. The van der Waals surface area contributed by atoms with Gasteiger partial charge >= 0.3 is 0 Å². The van der Waals surface area contributed by atoms with Crippen LogP contribution in [0.25, 0.3) is 0 Å². The van der Waals surface area contributed by atoms with Crippen LogP contribution in [-0.4, -0.2) is 37.0 Å². The molecular formula is C19H26N4O3S. The monoisotopic (exact) mass is 390 g/mol. The number of nitrogens with one attached hydrogen (secondary N) is 2. The molecule has 0 atom stereocenters. The molecule has 0 radical (unpaired) electrons. The standard InChI is InChI=1S/C19H26N4O3S/c24-19(21-9-3-12-23-13-11-20-15-23)8-10-22-27(25,26)18-7-6-16-4-1-2-5-17(16)14-18/h6-7,11,13-15,22H,1-5,8-10,12H2,(H,21,24). The molecule has 3 rings (SSSR count). The molecule has 7 nitrogen and oxygen atoms in total. The highest BCUT2D eigenvalue weighted by Crippen LogP contribution is 2.23. The topological polar surface area (TPSA) is 93.1 Å². The number of rotatable bonds is 9. The zero-order valence-corrected chi connectivity index (χ0v) is 16.2. The molecule has 27 heavy (non-hydrogen) atoms. The van der Waals surface area contributed by atoms with E-state index in [1.54, 1.807) is 24.7 Å². The largest absolute Gasteiger partial charge is 0.356 e. The molecule has 0 unspecified atom stereocenters. The third kappa shape index (κ3) is 5.64. The van der Waals surface area contributed by atoms with Gasteiger partial charge in [-0.2, -0.15) is 0 Å². The van der Waals surface area contributed by atoms with Crippen LogP contribution in [0.2, 0.25) is 0 Å². The second-order valence-electron chi connectivity index (χ2n) is 6.79. The molecule has 0 bridgehead atoms. The number of amides is 1. The number of imidazole rings is 1. The van der Waals surface area contributed by atoms with Crippen LogP contribution in [0.5, 0.6) is 0 Å². The minimum atomic E-state index is -3.58. The average molecular weight is 391 g/mol. The van der Waals surface area contributed by atoms with Crippen molar-refractivity contribution in [2.45, 2.75) is 50.0 Å². The third-order valence-corrected chi connectivity index (χ3v) is 6.21. The summed E-state index contributed by atoms with van der Waals surface area (Å²) in [6, 6.07) is 5.34. The van der Waals surface area contributed by atoms with Gasteiger partial charge in [0, 0.05) is 38.4 Å². The van der Waals surface area contributed by atoms with E-state index < -0.39 is 10.0 Å². The van der Waals surface area contributed by atoms with Gasteiger partial charge in [0.1, 0.15) is 0 Å². The van der Waals surface area contributed by atoms with Crippen molar-refractivity contribution in [2.75, 3.05) is 13.1 Å². The van der Waals surface area contributed by atoms with E-state index in [9.17, 15) is 13.2 Å². The van der Waals surface area contributed by atoms with E-state index in [1.807, 2.05) is 16.8 Å². The Morgan fingerprint density at radius 1 is 1.15 bits per heavy atom. The summed E-state index contributed by atoms with van der Waals surface area (Å²) in [7, 11) is -3.58. The zero-order valence-electron chi connectivity index (χ0n) is 15.4. The van der Waals surface area contributed by atoms with Gasteiger partial charge in [-0.3, -0.25) is 4.79 Å². The van der Waals surface area contributed by atoms with Gasteiger partial charge in [0.15, 0.2) is 0 Å². The highest BCUT2D eigenvalue weighted by atomic mass is 32.2. The van der Waals surface area contributed by atoms with Crippen LogP contribution in [-0.2, 0) is 34.2 Å². The fraction of sp³-hybridized carbons (Fsp3) is 0.474. The maximum Gasteiger partial charge on any atom is 0.240 e. The lowest BCUT2D eigenvalue weighted by molar-refractivity contribution is -0.120. The molecule has 0 aliphatic heterocycles. The predicted octanol–water partition coefficient (Wildman–Crippen LogP) is 1.64. The fourth-order valence-electron chi connectivity index (χ4n) is 3.26. The molecule has 1 heterocycles. The highest BCUT2D eigenvalue weighted by molar-refractivity contribution is 7.89. The van der Waals surface area contributed by atoms with Crippen molar-refractivity contribution in [1.29, 1.82) is 0 Å². The maximum absolute atomic E-state index is 12.4. The lowest BCUT2D eigenvalue weighted by Gasteiger charge is -2.16. The summed E-state index contributed by atoms with van der Waals surface area (Å²) in [4.78, 5) is 16.1. The molecule has 0 fully saturated rings. The summed E-state index contributed by atoms with van der Waals surface area (Å²) in [6.45, 7) is 1.42. The van der Waals surface area contributed by atoms with E-state index in [-0.39, 0.29) is 23.8 Å². The Balaban J connectivity index is 1.40. The number of aromatic nitrogens is 2. The second-order valence-corrected chi connectivity index (χ2v) is 8.56. The first-order chi connectivity index (χ1) is 13.0. The smallest absolute Gasteiger partial charge is 0.240 e. The van der Waals surface area contributed by atoms with Crippen LogP contribution in [0.1, 0.15) is 36.8 Å². The molecule has 8 heteroatoms. The fourth-order valence-corrected chi connectivity index (χ4v) is 4.34. The molecule has 1 aliphatic rings. The van der Waals surface area contributed by atoms with Crippen LogP contribution in [0, 0.1) is 0 Å². The SMILES string of the molecule is O=C(CCNS(=O)(=O)c1ccc2c(c1)CCCC2)NCCCn1ccnc1. The highest BCUT2D eigenvalue weighted by Gasteiger charge is 2.17. The lowest BCUT2D eigenvalue weighted by Crippen LogP contribution is -2.31. The molecule has 146 valence electrons. The summed E-state index contributed by atoms with van der Waals surface area (Å²) in [5.74, 6) is -0.159. The number of aryl methyl sites for hydroxylation is 3. The van der Waals surface area contributed by atoms with Crippen molar-refractivity contribution in [3.8, 4) is 0 Å². The first kappa shape index (κ1) is 19.6. The molecule has 0 saturated carbocycles. The first-order valence-electron chi connectivity index (χ1n) is 9.38. The van der Waals surface area contributed by atoms with Crippen molar-refractivity contribution in [3.63, 3.8) is 0 Å². The van der Waals surface area contributed by atoms with E-state index in [4.69, 9.17) is 0 Å². The summed E-state index contributed by atoms with van der Waals surface area (Å²) in [5.41, 5.74) is 2.37. The van der Waals surface area contributed by atoms with Crippen molar-refractivity contribution in [3.05, 3.63) is 48.0 Å². The number of benzene rings is 1. The minimum absolute atomic E-state index is 0.0901. The Labute approximate surface area is 160 Å². The van der Waals surface area contributed by atoms with Crippen LogP contribution in [0.3, 0.4) is 0 Å². The summed E-state index contributed by atoms with van der Waals surface area (Å²) in [5, 5.41) is 2.80. The second kappa shape index (κ2) is 9.14. The summed E-state index contributed by atoms with van der Waals surface area (Å²) < 4.78 is 29.3. The molecule has 1 aromatic heterocycles. The van der Waals surface area contributed by atoms with Gasteiger partial charge in [0.2, 0.25) is 15.9 Å². The van der Waals surface area contributed by atoms with Crippen molar-refractivity contribution < 1.29 is 13.2 Å². The van der Waals surface area contributed by atoms with E-state index in [1.165, 1.54) is 5.56 Å². The summed E-state index contributed by atoms with van der Waals surface area (Å²) >= 11 is 0. The maximum atomic E-state index is 12.4. The van der Waals surface area contributed by atoms with Crippen LogP contribution in [0.4, 0.5) is 0 Å². The molecule has 1 aromatic carbocycles. The lowest BCUT2D eigenvalue weighted by atomic mass is 9.92. The van der Waals surface area contributed by atoms with Gasteiger partial charge in [0.25, 0.3) is 0 Å². The Morgan fingerprint density at radius 2 is 1.96 bits per heavy atom. The van der Waals surface area contributed by atoms with E-state index in [0.29, 0.717) is 6.54 Å². The van der Waals surface area contributed by atoms with E-state index >= 15 is 0 Å². The predicted molar refractivity (Wildman–Crippen MR) is 103 cm³/mol. The Bertz CT molecular complexity index is 863. The van der Waals surface area contributed by atoms with Gasteiger partial charge in [0.05, 0.1) is 11.2 Å². The van der Waals surface area contributed by atoms with Gasteiger partial charge in [-0.15, -0.1) is 0 Å². The zero-order chi connectivity index (χ0) is 19.1. The van der Waals surface area contributed by atoms with Crippen molar-refractivity contribution >= 4 is 15.9 Å². The number of carbonyl (C=O) groups excluding carboxylic acids is 1. The van der Waals surface area contributed by atoms with E-state index in [0.717, 1.165) is 44.2 Å². The minimum Gasteiger partial charge on any atom is -0.356 e. The normalized spacial score (nSPS) is 13.9. The quantitative estimate of drug-likeness (QED) is 0.637. The average Bonchev–Trinajstić information content (AvgIpc) is 3.18. The molecule has 2 aromatic rings. The van der Waals surface area contributed by atoms with Crippen LogP contribution in [0.15, 0.2) is 41.8 Å². The van der Waals surface area contributed by atoms with Crippen LogP contribution < -0.4 is 10.0 Å². The molecule has 1 aliphatic carbocycles. The van der Waals surface area contributed by atoms with E-state index in [2.05, 4.69) is 15.0 Å². The van der Waals surface area contributed by atoms with Gasteiger partial charge in [-0.05, 0) is 55.4 Å². The Morgan fingerprint density at radius 3 is 2.74 bits per heavy atom. The number of nitrogens with zero attached hydrogens (tertiary/aromatic N) is 2.